The van der Waals surface area contributed by atoms with Gasteiger partial charge in [0.15, 0.2) is 5.76 Å². The van der Waals surface area contributed by atoms with Crippen LogP contribution in [0.2, 0.25) is 0 Å². The van der Waals surface area contributed by atoms with Crippen LogP contribution in [0.1, 0.15) is 29.5 Å². The quantitative estimate of drug-likeness (QED) is 0.577. The molecule has 3 aromatic rings. The van der Waals surface area contributed by atoms with Gasteiger partial charge in [0.25, 0.3) is 5.91 Å². The fourth-order valence-corrected chi connectivity index (χ4v) is 3.54. The third-order valence-corrected chi connectivity index (χ3v) is 5.11. The first kappa shape index (κ1) is 18.3. The maximum Gasteiger partial charge on any atom is 0.309 e. The highest BCUT2D eigenvalue weighted by atomic mass is 16.5. The standard InChI is InChI=1S/C23H23NO4/c1-2-27-23(26)19-12-18(19)15-24(14-16-8-4-3-5-9-16)22(25)21-13-17-10-6-7-11-20(17)28-21/h3-11,13,18-19H,2,12,14-15H2,1H3/t18-,19+/m0/s1. The van der Waals surface area contributed by atoms with Gasteiger partial charge in [0, 0.05) is 18.5 Å². The molecular weight excluding hydrogens is 354 g/mol. The number of fused-ring (bicyclic) bond motifs is 1. The van der Waals surface area contributed by atoms with Crippen LogP contribution in [-0.4, -0.2) is 29.9 Å². The molecule has 0 saturated heterocycles. The molecule has 1 aliphatic rings. The van der Waals surface area contributed by atoms with Gasteiger partial charge in [0.05, 0.1) is 12.5 Å². The Morgan fingerprint density at radius 1 is 1.11 bits per heavy atom. The molecule has 144 valence electrons. The van der Waals surface area contributed by atoms with E-state index in [0.717, 1.165) is 17.4 Å². The topological polar surface area (TPSA) is 59.8 Å². The number of rotatable bonds is 7. The molecule has 0 radical (unpaired) electrons. The summed E-state index contributed by atoms with van der Waals surface area (Å²) in [6.45, 7) is 3.17. The maximum atomic E-state index is 13.2. The van der Waals surface area contributed by atoms with E-state index in [0.29, 0.717) is 31.0 Å². The summed E-state index contributed by atoms with van der Waals surface area (Å²) in [6.07, 6.45) is 0.761. The first-order valence-corrected chi connectivity index (χ1v) is 9.64. The Labute approximate surface area is 163 Å². The average molecular weight is 377 g/mol. The number of ether oxygens (including phenoxy) is 1. The van der Waals surface area contributed by atoms with Crippen molar-refractivity contribution < 1.29 is 18.7 Å². The van der Waals surface area contributed by atoms with Crippen molar-refractivity contribution >= 4 is 22.8 Å². The Bertz CT molecular complexity index is 945. The lowest BCUT2D eigenvalue weighted by atomic mass is 10.2. The van der Waals surface area contributed by atoms with Gasteiger partial charge in [-0.15, -0.1) is 0 Å². The van der Waals surface area contributed by atoms with Crippen LogP contribution in [0.4, 0.5) is 0 Å². The third-order valence-electron chi connectivity index (χ3n) is 5.11. The van der Waals surface area contributed by atoms with Crippen molar-refractivity contribution in [3.05, 3.63) is 72.0 Å². The zero-order valence-corrected chi connectivity index (χ0v) is 15.8. The smallest absolute Gasteiger partial charge is 0.309 e. The van der Waals surface area contributed by atoms with E-state index in [4.69, 9.17) is 9.15 Å². The minimum atomic E-state index is -0.164. The van der Waals surface area contributed by atoms with Gasteiger partial charge < -0.3 is 14.1 Å². The maximum absolute atomic E-state index is 13.2. The highest BCUT2D eigenvalue weighted by Crippen LogP contribution is 2.40. The molecule has 2 atom stereocenters. The second-order valence-electron chi connectivity index (χ2n) is 7.17. The molecule has 1 amide bonds. The van der Waals surface area contributed by atoms with Crippen LogP contribution in [0.5, 0.6) is 0 Å². The Morgan fingerprint density at radius 2 is 1.86 bits per heavy atom. The number of para-hydroxylation sites is 1. The zero-order valence-electron chi connectivity index (χ0n) is 15.8. The van der Waals surface area contributed by atoms with Crippen molar-refractivity contribution in [2.75, 3.05) is 13.2 Å². The lowest BCUT2D eigenvalue weighted by Crippen LogP contribution is -2.33. The number of benzene rings is 2. The van der Waals surface area contributed by atoms with Crippen LogP contribution in [0.3, 0.4) is 0 Å². The summed E-state index contributed by atoms with van der Waals surface area (Å²) in [5, 5.41) is 0.904. The van der Waals surface area contributed by atoms with E-state index < -0.39 is 0 Å². The average Bonchev–Trinajstić information content (AvgIpc) is 3.35. The molecule has 5 nitrogen and oxygen atoms in total. The van der Waals surface area contributed by atoms with Crippen LogP contribution in [0, 0.1) is 11.8 Å². The van der Waals surface area contributed by atoms with Crippen molar-refractivity contribution in [1.29, 1.82) is 0 Å². The second-order valence-corrected chi connectivity index (χ2v) is 7.17. The number of hydrogen-bond donors (Lipinski definition) is 0. The van der Waals surface area contributed by atoms with Gasteiger partial charge in [0.2, 0.25) is 0 Å². The molecule has 4 rings (SSSR count). The predicted octanol–water partition coefficient (Wildman–Crippen LogP) is 4.27. The van der Waals surface area contributed by atoms with Crippen LogP contribution < -0.4 is 0 Å². The summed E-state index contributed by atoms with van der Waals surface area (Å²) in [5.74, 6) is 0.0289. The van der Waals surface area contributed by atoms with Crippen LogP contribution in [-0.2, 0) is 16.1 Å². The van der Waals surface area contributed by atoms with Crippen molar-refractivity contribution in [3.8, 4) is 0 Å². The summed E-state index contributed by atoms with van der Waals surface area (Å²) >= 11 is 0. The molecule has 1 saturated carbocycles. The van der Waals surface area contributed by atoms with E-state index in [1.807, 2.05) is 61.5 Å². The van der Waals surface area contributed by atoms with Gasteiger partial charge in [-0.05, 0) is 37.0 Å². The molecule has 1 aromatic heterocycles. The molecule has 1 fully saturated rings. The molecule has 2 aromatic carbocycles. The van der Waals surface area contributed by atoms with Crippen LogP contribution in [0.15, 0.2) is 65.1 Å². The number of esters is 1. The van der Waals surface area contributed by atoms with Gasteiger partial charge in [0.1, 0.15) is 5.58 Å². The molecular formula is C23H23NO4. The number of carbonyl (C=O) groups excluding carboxylic acids is 2. The van der Waals surface area contributed by atoms with Gasteiger partial charge in [-0.1, -0.05) is 48.5 Å². The number of amides is 1. The Hall–Kier alpha value is -3.08. The van der Waals surface area contributed by atoms with E-state index in [9.17, 15) is 9.59 Å². The molecule has 0 aliphatic heterocycles. The SMILES string of the molecule is CCOC(=O)[C@@H]1C[C@H]1CN(Cc1ccccc1)C(=O)c1cc2ccccc2o1. The van der Waals surface area contributed by atoms with Gasteiger partial charge in [-0.2, -0.15) is 0 Å². The van der Waals surface area contributed by atoms with Crippen molar-refractivity contribution in [2.45, 2.75) is 19.9 Å². The highest BCUT2D eigenvalue weighted by Gasteiger charge is 2.45. The number of hydrogen-bond acceptors (Lipinski definition) is 4. The minimum absolute atomic E-state index is 0.110. The largest absolute Gasteiger partial charge is 0.466 e. The predicted molar refractivity (Wildman–Crippen MR) is 106 cm³/mol. The molecule has 0 spiro atoms. The number of nitrogens with zero attached hydrogens (tertiary/aromatic N) is 1. The Morgan fingerprint density at radius 3 is 2.61 bits per heavy atom. The monoisotopic (exact) mass is 377 g/mol. The summed E-state index contributed by atoms with van der Waals surface area (Å²) in [7, 11) is 0. The molecule has 28 heavy (non-hydrogen) atoms. The molecule has 1 heterocycles. The van der Waals surface area contributed by atoms with Crippen molar-refractivity contribution in [1.82, 2.24) is 4.90 Å². The number of carbonyl (C=O) groups is 2. The summed E-state index contributed by atoms with van der Waals surface area (Å²) in [4.78, 5) is 26.9. The second kappa shape index (κ2) is 7.89. The normalized spacial score (nSPS) is 18.0. The summed E-state index contributed by atoms with van der Waals surface area (Å²) in [6, 6.07) is 19.2. The minimum Gasteiger partial charge on any atom is -0.466 e. The first-order chi connectivity index (χ1) is 13.7. The van der Waals surface area contributed by atoms with Gasteiger partial charge >= 0.3 is 5.97 Å². The van der Waals surface area contributed by atoms with Crippen LogP contribution >= 0.6 is 0 Å². The fraction of sp³-hybridized carbons (Fsp3) is 0.304. The van der Waals surface area contributed by atoms with Gasteiger partial charge in [-0.25, -0.2) is 0 Å². The lowest BCUT2D eigenvalue weighted by Gasteiger charge is -2.22. The molecule has 0 bridgehead atoms. The zero-order chi connectivity index (χ0) is 19.5. The summed E-state index contributed by atoms with van der Waals surface area (Å²) in [5.41, 5.74) is 1.74. The molecule has 0 unspecified atom stereocenters. The van der Waals surface area contributed by atoms with E-state index in [1.54, 1.807) is 11.0 Å². The van der Waals surface area contributed by atoms with Crippen molar-refractivity contribution in [2.24, 2.45) is 11.8 Å². The van der Waals surface area contributed by atoms with Crippen LogP contribution in [0.25, 0.3) is 11.0 Å². The first-order valence-electron chi connectivity index (χ1n) is 9.64. The molecule has 0 N–H and O–H groups in total. The summed E-state index contributed by atoms with van der Waals surface area (Å²) < 4.78 is 10.9. The third kappa shape index (κ3) is 3.93. The highest BCUT2D eigenvalue weighted by molar-refractivity contribution is 5.96. The van der Waals surface area contributed by atoms with E-state index in [1.165, 1.54) is 0 Å². The number of furan rings is 1. The Kier molecular flexibility index (Phi) is 5.15. The van der Waals surface area contributed by atoms with E-state index >= 15 is 0 Å². The Balaban J connectivity index is 1.54. The fourth-order valence-electron chi connectivity index (χ4n) is 3.54. The van der Waals surface area contributed by atoms with E-state index in [2.05, 4.69) is 0 Å². The van der Waals surface area contributed by atoms with Crippen molar-refractivity contribution in [3.63, 3.8) is 0 Å². The van der Waals surface area contributed by atoms with E-state index in [-0.39, 0.29) is 23.7 Å². The lowest BCUT2D eigenvalue weighted by molar-refractivity contribution is -0.145. The molecule has 1 aliphatic carbocycles. The van der Waals surface area contributed by atoms with Gasteiger partial charge in [-0.3, -0.25) is 9.59 Å². The molecule has 5 heteroatoms.